The maximum absolute atomic E-state index is 14.1. The van der Waals surface area contributed by atoms with E-state index in [1.807, 2.05) is 0 Å². The van der Waals surface area contributed by atoms with Crippen LogP contribution in [0.2, 0.25) is 0 Å². The van der Waals surface area contributed by atoms with Crippen LogP contribution in [0.25, 0.3) is 0 Å². The average Bonchev–Trinajstić information content (AvgIpc) is 2.50. The predicted octanol–water partition coefficient (Wildman–Crippen LogP) is 4.72. The van der Waals surface area contributed by atoms with E-state index in [0.29, 0.717) is 10.2 Å². The third-order valence-corrected chi connectivity index (χ3v) is 3.74. The molecule has 0 N–H and O–H groups in total. The number of nitrogens with zero attached hydrogens (tertiary/aromatic N) is 1. The normalized spacial score (nSPS) is 11.2. The lowest BCUT2D eigenvalue weighted by Crippen LogP contribution is -2.39. The van der Waals surface area contributed by atoms with E-state index in [0.717, 1.165) is 17.0 Å². The Morgan fingerprint density at radius 2 is 1.65 bits per heavy atom. The molecular formula is C19H18BrF2NO3. The van der Waals surface area contributed by atoms with E-state index in [1.54, 1.807) is 45.0 Å². The minimum atomic E-state index is -1.00. The van der Waals surface area contributed by atoms with Gasteiger partial charge in [0.15, 0.2) is 0 Å². The summed E-state index contributed by atoms with van der Waals surface area (Å²) in [5, 5.41) is 0. The largest absolute Gasteiger partial charge is 0.459 e. The number of carbonyl (C=O) groups excluding carboxylic acids is 2. The molecule has 0 radical (unpaired) electrons. The van der Waals surface area contributed by atoms with Crippen molar-refractivity contribution in [1.29, 1.82) is 0 Å². The number of hydrogen-bond donors (Lipinski definition) is 0. The molecule has 0 fully saturated rings. The summed E-state index contributed by atoms with van der Waals surface area (Å²) in [4.78, 5) is 26.0. The summed E-state index contributed by atoms with van der Waals surface area (Å²) in [6.07, 6.45) is 0. The quantitative estimate of drug-likeness (QED) is 0.665. The van der Waals surface area contributed by atoms with Crippen molar-refractivity contribution < 1.29 is 23.1 Å². The molecule has 0 spiro atoms. The Balaban J connectivity index is 2.43. The highest BCUT2D eigenvalue weighted by Gasteiger charge is 2.28. The molecule has 2 aromatic carbocycles. The summed E-state index contributed by atoms with van der Waals surface area (Å²) in [6, 6.07) is 9.65. The summed E-state index contributed by atoms with van der Waals surface area (Å²) >= 11 is 3.28. The number of halogens is 3. The van der Waals surface area contributed by atoms with Gasteiger partial charge in [0.2, 0.25) is 0 Å². The molecule has 0 aliphatic rings. The SMILES string of the molecule is CC(C)(C)OC(=O)CN(C(=O)c1c(F)cccc1F)c1cccc(Br)c1. The van der Waals surface area contributed by atoms with Crippen LogP contribution < -0.4 is 4.90 Å². The van der Waals surface area contributed by atoms with Crippen LogP contribution in [0.15, 0.2) is 46.9 Å². The molecule has 0 bridgehead atoms. The topological polar surface area (TPSA) is 46.6 Å². The van der Waals surface area contributed by atoms with Crippen LogP contribution in [-0.2, 0) is 9.53 Å². The molecule has 0 atom stereocenters. The van der Waals surface area contributed by atoms with Crippen LogP contribution in [-0.4, -0.2) is 24.0 Å². The van der Waals surface area contributed by atoms with Crippen molar-refractivity contribution in [3.05, 3.63) is 64.1 Å². The monoisotopic (exact) mass is 425 g/mol. The van der Waals surface area contributed by atoms with Crippen LogP contribution >= 0.6 is 15.9 Å². The zero-order chi connectivity index (χ0) is 19.5. The van der Waals surface area contributed by atoms with Crippen molar-refractivity contribution >= 4 is 33.5 Å². The van der Waals surface area contributed by atoms with Crippen molar-refractivity contribution in [2.45, 2.75) is 26.4 Å². The summed E-state index contributed by atoms with van der Waals surface area (Å²) in [7, 11) is 0. The first kappa shape index (κ1) is 20.0. The van der Waals surface area contributed by atoms with Crippen molar-refractivity contribution in [3.63, 3.8) is 0 Å². The van der Waals surface area contributed by atoms with Crippen LogP contribution in [0.5, 0.6) is 0 Å². The second-order valence-corrected chi connectivity index (χ2v) is 7.47. The summed E-state index contributed by atoms with van der Waals surface area (Å²) < 4.78 is 34.0. The molecule has 2 rings (SSSR count). The fourth-order valence-electron chi connectivity index (χ4n) is 2.26. The second kappa shape index (κ2) is 7.95. The molecule has 0 aromatic heterocycles. The Kier molecular flexibility index (Phi) is 6.13. The van der Waals surface area contributed by atoms with Crippen molar-refractivity contribution in [2.24, 2.45) is 0 Å². The molecule has 1 amide bonds. The molecule has 26 heavy (non-hydrogen) atoms. The predicted molar refractivity (Wildman–Crippen MR) is 98.0 cm³/mol. The van der Waals surface area contributed by atoms with E-state index in [2.05, 4.69) is 15.9 Å². The van der Waals surface area contributed by atoms with Gasteiger partial charge in [-0.25, -0.2) is 8.78 Å². The minimum absolute atomic E-state index is 0.304. The molecular weight excluding hydrogens is 408 g/mol. The molecule has 0 unspecified atom stereocenters. The first-order valence-corrected chi connectivity index (χ1v) is 8.61. The van der Waals surface area contributed by atoms with Gasteiger partial charge in [0.1, 0.15) is 29.3 Å². The number of ether oxygens (including phenoxy) is 1. The molecule has 2 aromatic rings. The van der Waals surface area contributed by atoms with E-state index in [-0.39, 0.29) is 0 Å². The number of rotatable bonds is 4. The maximum Gasteiger partial charge on any atom is 0.326 e. The lowest BCUT2D eigenvalue weighted by atomic mass is 10.1. The van der Waals surface area contributed by atoms with Crippen molar-refractivity contribution in [2.75, 3.05) is 11.4 Å². The number of benzene rings is 2. The standard InChI is InChI=1S/C19H18BrF2NO3/c1-19(2,3)26-16(24)11-23(13-7-4-6-12(20)10-13)18(25)17-14(21)8-5-9-15(17)22/h4-10H,11H2,1-3H3. The zero-order valence-electron chi connectivity index (χ0n) is 14.6. The molecule has 4 nitrogen and oxygen atoms in total. The van der Waals surface area contributed by atoms with Gasteiger partial charge in [0, 0.05) is 10.2 Å². The number of carbonyl (C=O) groups is 2. The van der Waals surface area contributed by atoms with Gasteiger partial charge in [0.25, 0.3) is 5.91 Å². The molecule has 0 aliphatic heterocycles. The van der Waals surface area contributed by atoms with Gasteiger partial charge in [-0.2, -0.15) is 0 Å². The summed E-state index contributed by atoms with van der Waals surface area (Å²) in [5.41, 5.74) is -1.18. The number of anilines is 1. The Morgan fingerprint density at radius 1 is 1.08 bits per heavy atom. The Labute approximate surface area is 158 Å². The molecule has 0 saturated carbocycles. The summed E-state index contributed by atoms with van der Waals surface area (Å²) in [6.45, 7) is 4.58. The van der Waals surface area contributed by atoms with E-state index < -0.39 is 41.2 Å². The van der Waals surface area contributed by atoms with E-state index in [1.165, 1.54) is 6.07 Å². The lowest BCUT2D eigenvalue weighted by Gasteiger charge is -2.25. The molecule has 138 valence electrons. The van der Waals surface area contributed by atoms with Gasteiger partial charge in [-0.1, -0.05) is 28.1 Å². The van der Waals surface area contributed by atoms with Crippen LogP contribution in [0.3, 0.4) is 0 Å². The smallest absolute Gasteiger partial charge is 0.326 e. The first-order valence-electron chi connectivity index (χ1n) is 7.82. The first-order chi connectivity index (χ1) is 12.1. The molecule has 0 heterocycles. The third-order valence-electron chi connectivity index (χ3n) is 3.25. The van der Waals surface area contributed by atoms with Gasteiger partial charge >= 0.3 is 5.97 Å². The third kappa shape index (κ3) is 5.11. The Morgan fingerprint density at radius 3 is 2.19 bits per heavy atom. The van der Waals surface area contributed by atoms with Crippen LogP contribution in [0.1, 0.15) is 31.1 Å². The van der Waals surface area contributed by atoms with Crippen molar-refractivity contribution in [1.82, 2.24) is 0 Å². The molecule has 0 saturated heterocycles. The minimum Gasteiger partial charge on any atom is -0.459 e. The highest BCUT2D eigenvalue weighted by molar-refractivity contribution is 9.10. The lowest BCUT2D eigenvalue weighted by molar-refractivity contribution is -0.152. The molecule has 0 aliphatic carbocycles. The maximum atomic E-state index is 14.1. The zero-order valence-corrected chi connectivity index (χ0v) is 16.1. The van der Waals surface area contributed by atoms with Crippen LogP contribution in [0.4, 0.5) is 14.5 Å². The highest BCUT2D eigenvalue weighted by atomic mass is 79.9. The number of hydrogen-bond acceptors (Lipinski definition) is 3. The Bertz CT molecular complexity index is 814. The number of esters is 1. The second-order valence-electron chi connectivity index (χ2n) is 6.55. The van der Waals surface area contributed by atoms with Gasteiger partial charge in [-0.15, -0.1) is 0 Å². The highest BCUT2D eigenvalue weighted by Crippen LogP contribution is 2.24. The Hall–Kier alpha value is -2.28. The van der Waals surface area contributed by atoms with E-state index >= 15 is 0 Å². The molecule has 7 heteroatoms. The summed E-state index contributed by atoms with van der Waals surface area (Å²) in [5.74, 6) is -3.66. The van der Waals surface area contributed by atoms with Gasteiger partial charge in [-0.3, -0.25) is 14.5 Å². The number of amides is 1. The van der Waals surface area contributed by atoms with Crippen LogP contribution in [0, 0.1) is 11.6 Å². The fourth-order valence-corrected chi connectivity index (χ4v) is 2.65. The fraction of sp³-hybridized carbons (Fsp3) is 0.263. The van der Waals surface area contributed by atoms with Gasteiger partial charge in [0.05, 0.1) is 0 Å². The average molecular weight is 426 g/mol. The van der Waals surface area contributed by atoms with E-state index in [4.69, 9.17) is 4.74 Å². The van der Waals surface area contributed by atoms with Gasteiger partial charge in [-0.05, 0) is 51.1 Å². The van der Waals surface area contributed by atoms with E-state index in [9.17, 15) is 18.4 Å². The van der Waals surface area contributed by atoms with Gasteiger partial charge < -0.3 is 4.74 Å². The van der Waals surface area contributed by atoms with Crippen molar-refractivity contribution in [3.8, 4) is 0 Å².